The summed E-state index contributed by atoms with van der Waals surface area (Å²) in [5.74, 6) is 0.675. The van der Waals surface area contributed by atoms with E-state index in [0.717, 1.165) is 24.9 Å². The Hall–Kier alpha value is -0.820. The Bertz CT molecular complexity index is 397. The Balaban J connectivity index is 0.00000180. The summed E-state index contributed by atoms with van der Waals surface area (Å²) in [6.07, 6.45) is 4.03. The van der Waals surface area contributed by atoms with Gasteiger partial charge in [0.1, 0.15) is 0 Å². The molecular formula is C14H22IN3O. The fraction of sp³-hybridized carbons (Fsp3) is 0.500. The second-order valence-electron chi connectivity index (χ2n) is 4.83. The van der Waals surface area contributed by atoms with Crippen molar-refractivity contribution in [3.8, 4) is 0 Å². The summed E-state index contributed by atoms with van der Waals surface area (Å²) in [4.78, 5) is 4.32. The molecule has 2 unspecified atom stereocenters. The fourth-order valence-electron chi connectivity index (χ4n) is 2.33. The van der Waals surface area contributed by atoms with Crippen molar-refractivity contribution >= 4 is 35.6 Å². The number of rotatable bonds is 3. The number of anilines is 1. The molecule has 5 heteroatoms. The van der Waals surface area contributed by atoms with Gasteiger partial charge in [0.2, 0.25) is 0 Å². The first kappa shape index (κ1) is 16.2. The molecule has 2 atom stereocenters. The Morgan fingerprint density at radius 3 is 2.63 bits per heavy atom. The van der Waals surface area contributed by atoms with Crippen LogP contribution in [-0.2, 0) is 0 Å². The van der Waals surface area contributed by atoms with Crippen LogP contribution in [0.3, 0.4) is 0 Å². The minimum atomic E-state index is -0.216. The van der Waals surface area contributed by atoms with Crippen LogP contribution in [0.25, 0.3) is 0 Å². The number of aliphatic imine (C=N–C) groups is 1. The largest absolute Gasteiger partial charge is 0.393 e. The van der Waals surface area contributed by atoms with Crippen LogP contribution in [-0.4, -0.2) is 23.7 Å². The molecule has 1 saturated carbocycles. The molecule has 0 radical (unpaired) electrons. The number of nitrogens with zero attached hydrogens (tertiary/aromatic N) is 1. The summed E-state index contributed by atoms with van der Waals surface area (Å²) >= 11 is 0. The van der Waals surface area contributed by atoms with E-state index in [1.807, 2.05) is 30.3 Å². The van der Waals surface area contributed by atoms with Crippen molar-refractivity contribution in [3.63, 3.8) is 0 Å². The van der Waals surface area contributed by atoms with Gasteiger partial charge in [-0.3, -0.25) is 4.99 Å². The number of guanidine groups is 1. The van der Waals surface area contributed by atoms with Crippen LogP contribution >= 0.6 is 24.0 Å². The van der Waals surface area contributed by atoms with Gasteiger partial charge in [-0.2, -0.15) is 0 Å². The Morgan fingerprint density at radius 2 is 1.95 bits per heavy atom. The van der Waals surface area contributed by atoms with Crippen LogP contribution in [0.4, 0.5) is 5.69 Å². The van der Waals surface area contributed by atoms with Gasteiger partial charge in [-0.1, -0.05) is 31.0 Å². The van der Waals surface area contributed by atoms with Crippen molar-refractivity contribution in [2.24, 2.45) is 16.6 Å². The highest BCUT2D eigenvalue weighted by molar-refractivity contribution is 14.0. The molecule has 1 fully saturated rings. The highest BCUT2D eigenvalue weighted by atomic mass is 127. The van der Waals surface area contributed by atoms with E-state index in [1.54, 1.807) is 0 Å². The lowest BCUT2D eigenvalue weighted by Gasteiger charge is -2.26. The number of hydrogen-bond donors (Lipinski definition) is 3. The predicted molar refractivity (Wildman–Crippen MR) is 89.9 cm³/mol. The molecule has 0 heterocycles. The maximum absolute atomic E-state index is 9.84. The number of hydrogen-bond acceptors (Lipinski definition) is 2. The van der Waals surface area contributed by atoms with Crippen LogP contribution in [0.15, 0.2) is 35.3 Å². The van der Waals surface area contributed by atoms with Crippen LogP contribution < -0.4 is 11.1 Å². The van der Waals surface area contributed by atoms with Crippen LogP contribution in [0.2, 0.25) is 0 Å². The first-order valence-corrected chi connectivity index (χ1v) is 6.56. The Labute approximate surface area is 131 Å². The number of aliphatic hydroxyl groups is 1. The highest BCUT2D eigenvalue weighted by Crippen LogP contribution is 2.24. The maximum Gasteiger partial charge on any atom is 0.193 e. The normalized spacial score (nSPS) is 23.5. The zero-order valence-electron chi connectivity index (χ0n) is 11.0. The van der Waals surface area contributed by atoms with Gasteiger partial charge in [-0.05, 0) is 25.0 Å². The summed E-state index contributed by atoms with van der Waals surface area (Å²) in [5.41, 5.74) is 6.76. The zero-order valence-corrected chi connectivity index (χ0v) is 13.3. The van der Waals surface area contributed by atoms with E-state index in [-0.39, 0.29) is 36.0 Å². The summed E-state index contributed by atoms with van der Waals surface area (Å²) in [5, 5.41) is 12.9. The highest BCUT2D eigenvalue weighted by Gasteiger charge is 2.22. The van der Waals surface area contributed by atoms with Crippen LogP contribution in [0, 0.1) is 5.92 Å². The average Bonchev–Trinajstić information content (AvgIpc) is 2.39. The third kappa shape index (κ3) is 5.36. The molecule has 4 N–H and O–H groups in total. The molecule has 0 aromatic heterocycles. The van der Waals surface area contributed by atoms with Gasteiger partial charge in [0.05, 0.1) is 6.10 Å². The summed E-state index contributed by atoms with van der Waals surface area (Å²) in [6, 6.07) is 9.73. The van der Waals surface area contributed by atoms with Crippen molar-refractivity contribution in [1.29, 1.82) is 0 Å². The topological polar surface area (TPSA) is 70.6 Å². The molecule has 0 spiro atoms. The predicted octanol–water partition coefficient (Wildman–Crippen LogP) is 2.58. The lowest BCUT2D eigenvalue weighted by Crippen LogP contribution is -2.29. The molecule has 2 rings (SSSR count). The van der Waals surface area contributed by atoms with Crippen LogP contribution in [0.1, 0.15) is 25.7 Å². The third-order valence-electron chi connectivity index (χ3n) is 3.41. The van der Waals surface area contributed by atoms with Gasteiger partial charge >= 0.3 is 0 Å². The molecule has 0 bridgehead atoms. The standard InChI is InChI=1S/C14H21N3O.HI/c15-14(17-12-7-2-1-3-8-12)16-10-11-6-4-5-9-13(11)18;/h1-3,7-8,11,13,18H,4-6,9-10H2,(H3,15,16,17);1H. The summed E-state index contributed by atoms with van der Waals surface area (Å²) < 4.78 is 0. The van der Waals surface area contributed by atoms with Crippen molar-refractivity contribution in [2.45, 2.75) is 31.8 Å². The lowest BCUT2D eigenvalue weighted by atomic mass is 9.87. The third-order valence-corrected chi connectivity index (χ3v) is 3.41. The molecule has 0 saturated heterocycles. The van der Waals surface area contributed by atoms with E-state index in [1.165, 1.54) is 6.42 Å². The number of aliphatic hydroxyl groups excluding tert-OH is 1. The minimum Gasteiger partial charge on any atom is -0.393 e. The van der Waals surface area contributed by atoms with E-state index in [2.05, 4.69) is 10.3 Å². The van der Waals surface area contributed by atoms with E-state index < -0.39 is 0 Å². The number of benzene rings is 1. The number of halogens is 1. The van der Waals surface area contributed by atoms with Crippen molar-refractivity contribution in [1.82, 2.24) is 0 Å². The molecule has 4 nitrogen and oxygen atoms in total. The first-order valence-electron chi connectivity index (χ1n) is 6.56. The molecule has 1 aliphatic carbocycles. The second kappa shape index (κ2) is 8.37. The van der Waals surface area contributed by atoms with Crippen molar-refractivity contribution in [3.05, 3.63) is 30.3 Å². The maximum atomic E-state index is 9.84. The van der Waals surface area contributed by atoms with Gasteiger partial charge in [0, 0.05) is 18.2 Å². The summed E-state index contributed by atoms with van der Waals surface area (Å²) in [6.45, 7) is 0.604. The quantitative estimate of drug-likeness (QED) is 0.432. The van der Waals surface area contributed by atoms with Crippen LogP contribution in [0.5, 0.6) is 0 Å². The fourth-order valence-corrected chi connectivity index (χ4v) is 2.33. The van der Waals surface area contributed by atoms with E-state index in [9.17, 15) is 5.11 Å². The smallest absolute Gasteiger partial charge is 0.193 e. The van der Waals surface area contributed by atoms with Gasteiger partial charge < -0.3 is 16.2 Å². The Kier molecular flexibility index (Phi) is 7.15. The molecular weight excluding hydrogens is 353 g/mol. The van der Waals surface area contributed by atoms with E-state index in [0.29, 0.717) is 12.5 Å². The zero-order chi connectivity index (χ0) is 12.8. The van der Waals surface area contributed by atoms with Gasteiger partial charge in [0.15, 0.2) is 5.96 Å². The minimum absolute atomic E-state index is 0. The van der Waals surface area contributed by atoms with E-state index in [4.69, 9.17) is 5.73 Å². The molecule has 106 valence electrons. The lowest BCUT2D eigenvalue weighted by molar-refractivity contribution is 0.0745. The first-order chi connectivity index (χ1) is 8.75. The monoisotopic (exact) mass is 375 g/mol. The average molecular weight is 375 g/mol. The Morgan fingerprint density at radius 1 is 1.26 bits per heavy atom. The molecule has 19 heavy (non-hydrogen) atoms. The number of nitrogens with one attached hydrogen (secondary N) is 1. The number of nitrogens with two attached hydrogens (primary N) is 1. The molecule has 1 aliphatic rings. The molecule has 0 amide bonds. The SMILES string of the molecule is I.NC(=NCC1CCCCC1O)Nc1ccccc1. The number of para-hydroxylation sites is 1. The van der Waals surface area contributed by atoms with Crippen molar-refractivity contribution in [2.75, 3.05) is 11.9 Å². The second-order valence-corrected chi connectivity index (χ2v) is 4.83. The molecule has 1 aromatic carbocycles. The summed E-state index contributed by atoms with van der Waals surface area (Å²) in [7, 11) is 0. The molecule has 1 aromatic rings. The van der Waals surface area contributed by atoms with Gasteiger partial charge in [-0.25, -0.2) is 0 Å². The van der Waals surface area contributed by atoms with Gasteiger partial charge in [-0.15, -0.1) is 24.0 Å². The van der Waals surface area contributed by atoms with E-state index >= 15 is 0 Å². The van der Waals surface area contributed by atoms with Crippen molar-refractivity contribution < 1.29 is 5.11 Å². The van der Waals surface area contributed by atoms with Gasteiger partial charge in [0.25, 0.3) is 0 Å². The molecule has 0 aliphatic heterocycles.